The van der Waals surface area contributed by atoms with Crippen molar-refractivity contribution in [3.63, 3.8) is 0 Å². The SMILES string of the molecule is O=C(CCCCCCOCC(F)(F)F)N[C@H](CN1CCCC1)Oc1ccc2c(c1)OCCO2. The average molecular weight is 475 g/mol. The van der Waals surface area contributed by atoms with Crippen molar-refractivity contribution < 1.29 is 36.9 Å². The number of hydrogen-bond acceptors (Lipinski definition) is 6. The highest BCUT2D eigenvalue weighted by atomic mass is 19.4. The summed E-state index contributed by atoms with van der Waals surface area (Å²) in [6.07, 6.45) is 0.506. The van der Waals surface area contributed by atoms with Crippen LogP contribution in [0.25, 0.3) is 0 Å². The highest BCUT2D eigenvalue weighted by Crippen LogP contribution is 2.33. The van der Waals surface area contributed by atoms with E-state index in [-0.39, 0.29) is 12.5 Å². The van der Waals surface area contributed by atoms with Crippen molar-refractivity contribution in [1.29, 1.82) is 0 Å². The molecule has 0 aliphatic carbocycles. The Morgan fingerprint density at radius 1 is 1.06 bits per heavy atom. The summed E-state index contributed by atoms with van der Waals surface area (Å²) in [5.74, 6) is 1.80. The fraction of sp³-hybridized carbons (Fsp3) is 0.696. The molecule has 0 aromatic heterocycles. The van der Waals surface area contributed by atoms with E-state index in [1.165, 1.54) is 0 Å². The van der Waals surface area contributed by atoms with Crippen molar-refractivity contribution in [3.8, 4) is 17.2 Å². The molecule has 1 atom stereocenters. The van der Waals surface area contributed by atoms with Gasteiger partial charge in [0.25, 0.3) is 0 Å². The summed E-state index contributed by atoms with van der Waals surface area (Å²) in [5, 5.41) is 2.98. The second-order valence-corrected chi connectivity index (χ2v) is 8.32. The van der Waals surface area contributed by atoms with E-state index in [2.05, 4.69) is 15.0 Å². The summed E-state index contributed by atoms with van der Waals surface area (Å²) in [4.78, 5) is 14.8. The molecule has 1 aromatic carbocycles. The summed E-state index contributed by atoms with van der Waals surface area (Å²) in [6.45, 7) is 2.42. The van der Waals surface area contributed by atoms with Gasteiger partial charge >= 0.3 is 6.18 Å². The zero-order chi connectivity index (χ0) is 23.5. The maximum absolute atomic E-state index is 12.5. The molecule has 10 heteroatoms. The normalized spacial score (nSPS) is 17.1. The molecule has 3 rings (SSSR count). The van der Waals surface area contributed by atoms with Gasteiger partial charge in [-0.2, -0.15) is 13.2 Å². The highest BCUT2D eigenvalue weighted by molar-refractivity contribution is 5.76. The van der Waals surface area contributed by atoms with Gasteiger partial charge < -0.3 is 24.3 Å². The number of nitrogens with one attached hydrogen (secondary N) is 1. The van der Waals surface area contributed by atoms with E-state index in [0.717, 1.165) is 38.8 Å². The molecule has 1 amide bonds. The van der Waals surface area contributed by atoms with Crippen LogP contribution in [-0.2, 0) is 9.53 Å². The number of amides is 1. The number of rotatable bonds is 13. The van der Waals surface area contributed by atoms with Crippen molar-refractivity contribution >= 4 is 5.91 Å². The number of likely N-dealkylation sites (tertiary alicyclic amines) is 1. The summed E-state index contributed by atoms with van der Waals surface area (Å²) in [6, 6.07) is 5.38. The number of benzene rings is 1. The van der Waals surface area contributed by atoms with E-state index in [0.29, 0.717) is 56.3 Å². The van der Waals surface area contributed by atoms with Crippen LogP contribution in [0.15, 0.2) is 18.2 Å². The number of alkyl halides is 3. The lowest BCUT2D eigenvalue weighted by molar-refractivity contribution is -0.174. The molecule has 1 N–H and O–H groups in total. The van der Waals surface area contributed by atoms with Crippen molar-refractivity contribution in [2.24, 2.45) is 0 Å². The molecule has 0 bridgehead atoms. The first kappa shape index (κ1) is 25.4. The molecule has 0 radical (unpaired) electrons. The zero-order valence-electron chi connectivity index (χ0n) is 18.8. The molecule has 2 heterocycles. The molecule has 0 saturated carbocycles. The number of ether oxygens (including phenoxy) is 4. The smallest absolute Gasteiger partial charge is 0.411 e. The Morgan fingerprint density at radius 2 is 1.79 bits per heavy atom. The number of halogens is 3. The van der Waals surface area contributed by atoms with E-state index in [9.17, 15) is 18.0 Å². The number of carbonyl (C=O) groups excluding carboxylic acids is 1. The number of carbonyl (C=O) groups is 1. The number of unbranched alkanes of at least 4 members (excludes halogenated alkanes) is 3. The molecule has 1 aromatic rings. The second-order valence-electron chi connectivity index (χ2n) is 8.32. The number of nitrogens with zero attached hydrogens (tertiary/aromatic N) is 1. The maximum Gasteiger partial charge on any atom is 0.411 e. The fourth-order valence-corrected chi connectivity index (χ4v) is 3.86. The monoisotopic (exact) mass is 474 g/mol. The van der Waals surface area contributed by atoms with Crippen LogP contribution in [0.2, 0.25) is 0 Å². The van der Waals surface area contributed by atoms with Gasteiger partial charge in [0.15, 0.2) is 17.7 Å². The standard InChI is InChI=1S/C23H33F3N2O5/c24-23(25,26)17-30-12-6-2-1-3-7-21(29)27-22(16-28-10-4-5-11-28)33-18-8-9-19-20(15-18)32-14-13-31-19/h8-9,15,22H,1-7,10-14,16-17H2,(H,27,29)/t22-/m0/s1. The van der Waals surface area contributed by atoms with Crippen molar-refractivity contribution in [2.75, 3.05) is 46.1 Å². The lowest BCUT2D eigenvalue weighted by Gasteiger charge is -2.26. The molecule has 2 aliphatic rings. The van der Waals surface area contributed by atoms with Crippen LogP contribution in [-0.4, -0.2) is 69.3 Å². The Labute approximate surface area is 192 Å². The molecular weight excluding hydrogens is 441 g/mol. The first-order valence-corrected chi connectivity index (χ1v) is 11.6. The van der Waals surface area contributed by atoms with Crippen molar-refractivity contribution in [3.05, 3.63) is 18.2 Å². The quantitative estimate of drug-likeness (QED) is 0.346. The summed E-state index contributed by atoms with van der Waals surface area (Å²) < 4.78 is 57.9. The van der Waals surface area contributed by atoms with E-state index in [1.54, 1.807) is 18.2 Å². The van der Waals surface area contributed by atoms with E-state index in [1.807, 2.05) is 0 Å². The molecule has 33 heavy (non-hydrogen) atoms. The first-order valence-electron chi connectivity index (χ1n) is 11.6. The zero-order valence-corrected chi connectivity index (χ0v) is 18.8. The number of fused-ring (bicyclic) bond motifs is 1. The van der Waals surface area contributed by atoms with E-state index in [4.69, 9.17) is 14.2 Å². The topological polar surface area (TPSA) is 69.3 Å². The van der Waals surface area contributed by atoms with Gasteiger partial charge in [0.05, 0.1) is 6.54 Å². The fourth-order valence-electron chi connectivity index (χ4n) is 3.86. The minimum atomic E-state index is -4.29. The third kappa shape index (κ3) is 9.67. The second kappa shape index (κ2) is 12.9. The van der Waals surface area contributed by atoms with Crippen LogP contribution in [0.5, 0.6) is 17.2 Å². The van der Waals surface area contributed by atoms with Gasteiger partial charge in [-0.1, -0.05) is 12.8 Å². The first-order chi connectivity index (χ1) is 15.9. The van der Waals surface area contributed by atoms with Gasteiger partial charge in [-0.3, -0.25) is 9.69 Å². The third-order valence-corrected chi connectivity index (χ3v) is 5.44. The predicted octanol–water partition coefficient (Wildman–Crippen LogP) is 3.90. The third-order valence-electron chi connectivity index (χ3n) is 5.44. The Kier molecular flexibility index (Phi) is 9.93. The van der Waals surface area contributed by atoms with Crippen LogP contribution in [0.1, 0.15) is 44.9 Å². The van der Waals surface area contributed by atoms with Crippen molar-refractivity contribution in [1.82, 2.24) is 10.2 Å². The van der Waals surface area contributed by atoms with Crippen molar-refractivity contribution in [2.45, 2.75) is 57.3 Å². The van der Waals surface area contributed by atoms with Gasteiger partial charge in [0.1, 0.15) is 25.6 Å². The van der Waals surface area contributed by atoms with Gasteiger partial charge in [-0.05, 0) is 50.9 Å². The number of hydrogen-bond donors (Lipinski definition) is 1. The van der Waals surface area contributed by atoms with E-state index < -0.39 is 19.0 Å². The van der Waals surface area contributed by atoms with E-state index >= 15 is 0 Å². The van der Waals surface area contributed by atoms with Crippen LogP contribution in [0.4, 0.5) is 13.2 Å². The molecule has 1 saturated heterocycles. The molecular formula is C23H33F3N2O5. The average Bonchev–Trinajstić information content (AvgIpc) is 3.27. The summed E-state index contributed by atoms with van der Waals surface area (Å²) in [7, 11) is 0. The lowest BCUT2D eigenvalue weighted by Crippen LogP contribution is -2.46. The van der Waals surface area contributed by atoms with Gasteiger partial charge in [-0.15, -0.1) is 0 Å². The molecule has 1 fully saturated rings. The summed E-state index contributed by atoms with van der Waals surface area (Å²) >= 11 is 0. The minimum absolute atomic E-state index is 0.0764. The maximum atomic E-state index is 12.5. The minimum Gasteiger partial charge on any atom is -0.486 e. The van der Waals surface area contributed by atoms with Crippen LogP contribution in [0, 0.1) is 0 Å². The Bertz CT molecular complexity index is 741. The van der Waals surface area contributed by atoms with Crippen LogP contribution in [0.3, 0.4) is 0 Å². The molecule has 0 unspecified atom stereocenters. The van der Waals surface area contributed by atoms with Crippen LogP contribution < -0.4 is 19.5 Å². The highest BCUT2D eigenvalue weighted by Gasteiger charge is 2.27. The molecule has 186 valence electrons. The molecule has 0 spiro atoms. The Hall–Kier alpha value is -2.20. The van der Waals surface area contributed by atoms with Gasteiger partial charge in [0, 0.05) is 19.1 Å². The van der Waals surface area contributed by atoms with Gasteiger partial charge in [0.2, 0.25) is 5.91 Å². The molecule has 7 nitrogen and oxygen atoms in total. The van der Waals surface area contributed by atoms with Gasteiger partial charge in [-0.25, -0.2) is 0 Å². The largest absolute Gasteiger partial charge is 0.486 e. The lowest BCUT2D eigenvalue weighted by atomic mass is 10.1. The Balaban J connectivity index is 1.40. The predicted molar refractivity (Wildman–Crippen MR) is 116 cm³/mol. The Morgan fingerprint density at radius 3 is 2.55 bits per heavy atom. The van der Waals surface area contributed by atoms with Crippen LogP contribution >= 0.6 is 0 Å². The molecule has 2 aliphatic heterocycles. The summed E-state index contributed by atoms with van der Waals surface area (Å²) in [5.41, 5.74) is 0.